The molecule has 5 aromatic rings. The third kappa shape index (κ3) is 4.12. The Labute approximate surface area is 318 Å². The van der Waals surface area contributed by atoms with Gasteiger partial charge in [-0.25, -0.2) is 0 Å². The average Bonchev–Trinajstić information content (AvgIpc) is 3.47. The summed E-state index contributed by atoms with van der Waals surface area (Å²) in [6, 6.07) is 34.0. The number of hydrogen-bond donors (Lipinski definition) is 0. The Balaban J connectivity index is 1.37. The normalized spacial score (nSPS) is 22.9. The lowest BCUT2D eigenvalue weighted by Gasteiger charge is -2.53. The van der Waals surface area contributed by atoms with Crippen LogP contribution in [0.1, 0.15) is 128 Å². The second-order valence-corrected chi connectivity index (χ2v) is 20.2. The van der Waals surface area contributed by atoms with Gasteiger partial charge < -0.3 is 9.80 Å². The van der Waals surface area contributed by atoms with Gasteiger partial charge in [-0.05, 0) is 129 Å². The topological polar surface area (TPSA) is 6.48 Å². The van der Waals surface area contributed by atoms with E-state index in [1.807, 2.05) is 0 Å². The van der Waals surface area contributed by atoms with E-state index >= 15 is 0 Å². The minimum atomic E-state index is -0.144. The second-order valence-electron chi connectivity index (χ2n) is 20.2. The number of fused-ring (bicyclic) bond motifs is 11. The molecular formula is C50H55BN2. The number of nitrogens with zero attached hydrogens (tertiary/aromatic N) is 2. The second kappa shape index (κ2) is 10.3. The van der Waals surface area contributed by atoms with Gasteiger partial charge in [-0.15, -0.1) is 0 Å². The molecule has 3 aliphatic heterocycles. The Hall–Kier alpha value is -4.24. The third-order valence-corrected chi connectivity index (χ3v) is 14.7. The fourth-order valence-corrected chi connectivity index (χ4v) is 11.7. The van der Waals surface area contributed by atoms with Crippen molar-refractivity contribution in [2.75, 3.05) is 9.80 Å². The molecule has 2 nitrogen and oxygen atoms in total. The summed E-state index contributed by atoms with van der Waals surface area (Å²) in [5.74, 6) is 0. The van der Waals surface area contributed by atoms with Crippen LogP contribution in [0.15, 0.2) is 84.9 Å². The zero-order valence-corrected chi connectivity index (χ0v) is 33.9. The Morgan fingerprint density at radius 3 is 2.02 bits per heavy atom. The fourth-order valence-electron chi connectivity index (χ4n) is 11.7. The van der Waals surface area contributed by atoms with Crippen LogP contribution in [-0.4, -0.2) is 12.3 Å². The third-order valence-electron chi connectivity index (χ3n) is 14.7. The highest BCUT2D eigenvalue weighted by Crippen LogP contribution is 2.62. The molecule has 5 aromatic carbocycles. The molecule has 0 amide bonds. The lowest BCUT2D eigenvalue weighted by atomic mass is 9.32. The van der Waals surface area contributed by atoms with Crippen LogP contribution in [0.3, 0.4) is 0 Å². The predicted molar refractivity (Wildman–Crippen MR) is 228 cm³/mol. The van der Waals surface area contributed by atoms with Crippen molar-refractivity contribution in [1.82, 2.24) is 0 Å². The summed E-state index contributed by atoms with van der Waals surface area (Å²) in [7, 11) is 0. The van der Waals surface area contributed by atoms with Crippen molar-refractivity contribution in [3.63, 3.8) is 0 Å². The van der Waals surface area contributed by atoms with E-state index in [0.29, 0.717) is 0 Å². The summed E-state index contributed by atoms with van der Waals surface area (Å²) >= 11 is 0. The fraction of sp³-hybridized carbons (Fsp3) is 0.400. The van der Waals surface area contributed by atoms with Gasteiger partial charge in [-0.3, -0.25) is 0 Å². The van der Waals surface area contributed by atoms with Crippen molar-refractivity contribution in [2.24, 2.45) is 0 Å². The maximum absolute atomic E-state index is 2.89. The van der Waals surface area contributed by atoms with Crippen LogP contribution >= 0.6 is 0 Å². The molecule has 2 atom stereocenters. The SMILES string of the molecule is Cc1cc2c3c(c1)N1c4c(cc(C(C)(C)C)cc4C4(C)CCCCC14C)B3c1c(ccc3c1C(C)(C)c1ccccc1-3)N2c1ccc(C(C)(C)C)cc1. The van der Waals surface area contributed by atoms with E-state index in [2.05, 4.69) is 171 Å². The molecule has 5 aliphatic rings. The van der Waals surface area contributed by atoms with Crippen LogP contribution in [0.4, 0.5) is 28.4 Å². The molecule has 10 rings (SSSR count). The summed E-state index contributed by atoms with van der Waals surface area (Å²) in [5.41, 5.74) is 22.9. The highest BCUT2D eigenvalue weighted by atomic mass is 15.3. The van der Waals surface area contributed by atoms with Gasteiger partial charge in [0.2, 0.25) is 0 Å². The van der Waals surface area contributed by atoms with Crippen LogP contribution in [-0.2, 0) is 21.7 Å². The maximum atomic E-state index is 2.89. The summed E-state index contributed by atoms with van der Waals surface area (Å²) in [4.78, 5) is 5.53. The highest BCUT2D eigenvalue weighted by Gasteiger charge is 2.62. The van der Waals surface area contributed by atoms with E-state index in [1.165, 1.54) is 109 Å². The van der Waals surface area contributed by atoms with Crippen molar-refractivity contribution < 1.29 is 0 Å². The van der Waals surface area contributed by atoms with Gasteiger partial charge in [0.25, 0.3) is 6.71 Å². The van der Waals surface area contributed by atoms with E-state index < -0.39 is 0 Å². The molecule has 2 aliphatic carbocycles. The van der Waals surface area contributed by atoms with Crippen LogP contribution in [0.5, 0.6) is 0 Å². The smallest absolute Gasteiger partial charge is 0.252 e. The van der Waals surface area contributed by atoms with E-state index in [0.717, 1.165) is 0 Å². The van der Waals surface area contributed by atoms with Gasteiger partial charge >= 0.3 is 0 Å². The summed E-state index contributed by atoms with van der Waals surface area (Å²) < 4.78 is 0. The molecule has 0 N–H and O–H groups in total. The number of anilines is 5. The number of benzene rings is 5. The minimum absolute atomic E-state index is 0.00101. The number of hydrogen-bond acceptors (Lipinski definition) is 2. The molecule has 3 heterocycles. The van der Waals surface area contributed by atoms with E-state index in [9.17, 15) is 0 Å². The van der Waals surface area contributed by atoms with Gasteiger partial charge in [0.15, 0.2) is 0 Å². The van der Waals surface area contributed by atoms with Crippen LogP contribution in [0.25, 0.3) is 11.1 Å². The molecule has 53 heavy (non-hydrogen) atoms. The molecule has 2 unspecified atom stereocenters. The van der Waals surface area contributed by atoms with Gasteiger partial charge in [0.1, 0.15) is 0 Å². The Kier molecular flexibility index (Phi) is 6.47. The zero-order chi connectivity index (χ0) is 37.2. The van der Waals surface area contributed by atoms with Gasteiger partial charge in [0, 0.05) is 39.3 Å². The molecule has 1 saturated carbocycles. The lowest BCUT2D eigenvalue weighted by molar-refractivity contribution is 0.195. The maximum Gasteiger partial charge on any atom is 0.252 e. The first-order valence-corrected chi connectivity index (χ1v) is 20.3. The quantitative estimate of drug-likeness (QED) is 0.158. The molecular weight excluding hydrogens is 639 g/mol. The van der Waals surface area contributed by atoms with Crippen molar-refractivity contribution in [3.05, 3.63) is 118 Å². The Bertz CT molecular complexity index is 2400. The Morgan fingerprint density at radius 1 is 0.623 bits per heavy atom. The average molecular weight is 695 g/mol. The summed E-state index contributed by atoms with van der Waals surface area (Å²) in [6.07, 6.45) is 5.02. The minimum Gasteiger partial charge on any atom is -0.335 e. The lowest BCUT2D eigenvalue weighted by Crippen LogP contribution is -2.65. The van der Waals surface area contributed by atoms with Gasteiger partial charge in [-0.2, -0.15) is 0 Å². The summed E-state index contributed by atoms with van der Waals surface area (Å²) in [6.45, 7) is 26.8. The zero-order valence-electron chi connectivity index (χ0n) is 33.9. The largest absolute Gasteiger partial charge is 0.335 e. The standard InChI is InChI=1S/C50H55BN2/c1-30-26-40-43-41(27-30)53-45-37(49(10)24-14-15-25-50(49,53)11)28-32(47(5,6)7)29-38(45)51(43)44-39(52(40)33-20-18-31(19-21-33)46(2,3)4)23-22-35-34-16-12-13-17-36(34)48(8,9)42(35)44/h12-13,16-23,26-29H,14-15,24-25H2,1-11H3. The van der Waals surface area contributed by atoms with Crippen molar-refractivity contribution >= 4 is 51.5 Å². The van der Waals surface area contributed by atoms with Crippen molar-refractivity contribution in [1.29, 1.82) is 0 Å². The molecule has 0 aromatic heterocycles. The monoisotopic (exact) mass is 694 g/mol. The first-order valence-electron chi connectivity index (χ1n) is 20.3. The molecule has 3 heteroatoms. The number of rotatable bonds is 1. The van der Waals surface area contributed by atoms with Gasteiger partial charge in [0.05, 0.1) is 5.54 Å². The molecule has 0 bridgehead atoms. The van der Waals surface area contributed by atoms with Crippen LogP contribution < -0.4 is 26.2 Å². The first-order chi connectivity index (χ1) is 25.0. The predicted octanol–water partition coefficient (Wildman–Crippen LogP) is 11.3. The molecule has 1 fully saturated rings. The molecule has 0 spiro atoms. The van der Waals surface area contributed by atoms with E-state index in [1.54, 1.807) is 5.56 Å². The van der Waals surface area contributed by atoms with Crippen LogP contribution in [0, 0.1) is 6.92 Å². The van der Waals surface area contributed by atoms with E-state index in [-0.39, 0.29) is 33.9 Å². The van der Waals surface area contributed by atoms with E-state index in [4.69, 9.17) is 0 Å². The summed E-state index contributed by atoms with van der Waals surface area (Å²) in [5, 5.41) is 0. The highest BCUT2D eigenvalue weighted by molar-refractivity contribution is 7.00. The van der Waals surface area contributed by atoms with Crippen LogP contribution in [0.2, 0.25) is 0 Å². The first kappa shape index (κ1) is 33.3. The molecule has 268 valence electrons. The van der Waals surface area contributed by atoms with Crippen molar-refractivity contribution in [3.8, 4) is 11.1 Å². The molecule has 0 saturated heterocycles. The molecule has 0 radical (unpaired) electrons. The van der Waals surface area contributed by atoms with Gasteiger partial charge in [-0.1, -0.05) is 130 Å². The number of aryl methyl sites for hydroxylation is 1. The Morgan fingerprint density at radius 2 is 1.30 bits per heavy atom. The van der Waals surface area contributed by atoms with Crippen molar-refractivity contribution in [2.45, 2.75) is 129 Å².